The molecule has 2 N–H and O–H groups in total. The normalized spacial score (nSPS) is 17.4. The number of nitrogens with zero attached hydrogens (tertiary/aromatic N) is 3. The third-order valence-corrected chi connectivity index (χ3v) is 4.27. The summed E-state index contributed by atoms with van der Waals surface area (Å²) in [6.45, 7) is 0. The molecule has 0 radical (unpaired) electrons. The molecule has 1 atom stereocenters. The van der Waals surface area contributed by atoms with Crippen LogP contribution >= 0.6 is 0 Å². The maximum atomic E-state index is 6.26. The van der Waals surface area contributed by atoms with E-state index in [1.807, 2.05) is 24.5 Å². The van der Waals surface area contributed by atoms with Gasteiger partial charge in [-0.15, -0.1) is 10.2 Å². The van der Waals surface area contributed by atoms with E-state index in [9.17, 15) is 0 Å². The number of nitrogens with two attached hydrogens (primary N) is 1. The molecular weight excluding hydrogens is 248 g/mol. The zero-order chi connectivity index (χ0) is 13.8. The van der Waals surface area contributed by atoms with Crippen LogP contribution in [0, 0.1) is 0 Å². The van der Waals surface area contributed by atoms with E-state index in [2.05, 4.69) is 26.9 Å². The number of rotatable bonds is 5. The highest BCUT2D eigenvalue weighted by molar-refractivity contribution is 5.18. The van der Waals surface area contributed by atoms with Gasteiger partial charge in [0.05, 0.1) is 0 Å². The molecule has 1 aromatic carbocycles. The van der Waals surface area contributed by atoms with E-state index >= 15 is 0 Å². The van der Waals surface area contributed by atoms with Crippen LogP contribution in [-0.4, -0.2) is 14.8 Å². The summed E-state index contributed by atoms with van der Waals surface area (Å²) in [7, 11) is 0. The molecule has 0 amide bonds. The first-order valence-electron chi connectivity index (χ1n) is 7.53. The molecule has 1 saturated carbocycles. The second kappa shape index (κ2) is 6.18. The van der Waals surface area contributed by atoms with Crippen molar-refractivity contribution >= 4 is 0 Å². The molecule has 0 spiro atoms. The lowest BCUT2D eigenvalue weighted by Crippen LogP contribution is -2.14. The van der Waals surface area contributed by atoms with Gasteiger partial charge in [0.1, 0.15) is 12.2 Å². The molecule has 20 heavy (non-hydrogen) atoms. The van der Waals surface area contributed by atoms with Crippen LogP contribution in [0.25, 0.3) is 0 Å². The van der Waals surface area contributed by atoms with Crippen molar-refractivity contribution in [1.82, 2.24) is 14.8 Å². The second-order valence-electron chi connectivity index (χ2n) is 5.65. The molecule has 106 valence electrons. The van der Waals surface area contributed by atoms with E-state index in [1.54, 1.807) is 0 Å². The molecule has 2 aromatic rings. The number of hydrogen-bond donors (Lipinski definition) is 1. The van der Waals surface area contributed by atoms with Crippen LogP contribution in [0.5, 0.6) is 0 Å². The molecular formula is C16H22N4. The zero-order valence-electron chi connectivity index (χ0n) is 11.8. The molecule has 4 heteroatoms. The van der Waals surface area contributed by atoms with Gasteiger partial charge in [-0.3, -0.25) is 0 Å². The van der Waals surface area contributed by atoms with Crippen LogP contribution in [0.1, 0.15) is 55.6 Å². The van der Waals surface area contributed by atoms with Crippen LogP contribution in [0.15, 0.2) is 36.7 Å². The Balaban J connectivity index is 1.62. The highest BCUT2D eigenvalue weighted by Gasteiger charge is 2.20. The van der Waals surface area contributed by atoms with Gasteiger partial charge in [0.2, 0.25) is 0 Å². The minimum atomic E-state index is 0.0740. The third kappa shape index (κ3) is 2.90. The Morgan fingerprint density at radius 2 is 1.95 bits per heavy atom. The quantitative estimate of drug-likeness (QED) is 0.908. The van der Waals surface area contributed by atoms with Crippen molar-refractivity contribution in [2.75, 3.05) is 0 Å². The molecule has 3 rings (SSSR count). The van der Waals surface area contributed by atoms with Gasteiger partial charge in [-0.2, -0.15) is 0 Å². The Bertz CT molecular complexity index is 528. The van der Waals surface area contributed by atoms with Gasteiger partial charge in [-0.05, 0) is 24.8 Å². The highest BCUT2D eigenvalue weighted by Crippen LogP contribution is 2.30. The Morgan fingerprint density at radius 1 is 1.20 bits per heavy atom. The van der Waals surface area contributed by atoms with Crippen LogP contribution in [0.3, 0.4) is 0 Å². The maximum Gasteiger partial charge on any atom is 0.133 e. The van der Waals surface area contributed by atoms with Gasteiger partial charge in [-0.1, -0.05) is 43.2 Å². The lowest BCUT2D eigenvalue weighted by molar-refractivity contribution is 0.487. The second-order valence-corrected chi connectivity index (χ2v) is 5.65. The van der Waals surface area contributed by atoms with Crippen molar-refractivity contribution < 1.29 is 0 Å². The van der Waals surface area contributed by atoms with Gasteiger partial charge in [0.25, 0.3) is 0 Å². The fourth-order valence-electron chi connectivity index (χ4n) is 3.08. The summed E-state index contributed by atoms with van der Waals surface area (Å²) in [5.74, 6) is 1.09. The van der Waals surface area contributed by atoms with E-state index in [1.165, 1.54) is 31.2 Å². The lowest BCUT2D eigenvalue weighted by Gasteiger charge is -2.15. The first kappa shape index (κ1) is 13.3. The van der Waals surface area contributed by atoms with Gasteiger partial charge in [0, 0.05) is 18.5 Å². The van der Waals surface area contributed by atoms with E-state index < -0.39 is 0 Å². The summed E-state index contributed by atoms with van der Waals surface area (Å²) in [6.07, 6.45) is 8.87. The summed E-state index contributed by atoms with van der Waals surface area (Å²) in [6, 6.07) is 11.0. The smallest absolute Gasteiger partial charge is 0.133 e. The Hall–Kier alpha value is -1.68. The molecule has 1 unspecified atom stereocenters. The average Bonchev–Trinajstić information content (AvgIpc) is 3.16. The van der Waals surface area contributed by atoms with Gasteiger partial charge in [0.15, 0.2) is 0 Å². The highest BCUT2D eigenvalue weighted by atomic mass is 15.3. The van der Waals surface area contributed by atoms with Gasteiger partial charge >= 0.3 is 0 Å². The fraction of sp³-hybridized carbons (Fsp3) is 0.500. The predicted molar refractivity (Wildman–Crippen MR) is 79.2 cm³/mol. The van der Waals surface area contributed by atoms with Gasteiger partial charge in [-0.25, -0.2) is 0 Å². The average molecular weight is 270 g/mol. The molecule has 0 aliphatic heterocycles. The number of hydrogen-bond acceptors (Lipinski definition) is 3. The molecule has 0 bridgehead atoms. The maximum absolute atomic E-state index is 6.26. The topological polar surface area (TPSA) is 56.7 Å². The first-order valence-corrected chi connectivity index (χ1v) is 7.53. The fourth-order valence-corrected chi connectivity index (χ4v) is 3.08. The van der Waals surface area contributed by atoms with Crippen molar-refractivity contribution in [3.8, 4) is 0 Å². The summed E-state index contributed by atoms with van der Waals surface area (Å²) >= 11 is 0. The van der Waals surface area contributed by atoms with Crippen molar-refractivity contribution in [3.05, 3.63) is 48.0 Å². The van der Waals surface area contributed by atoms with Crippen LogP contribution in [-0.2, 0) is 6.42 Å². The van der Waals surface area contributed by atoms with Crippen molar-refractivity contribution in [2.24, 2.45) is 5.73 Å². The van der Waals surface area contributed by atoms with Crippen LogP contribution < -0.4 is 5.73 Å². The third-order valence-electron chi connectivity index (χ3n) is 4.27. The summed E-state index contributed by atoms with van der Waals surface area (Å²) in [5.41, 5.74) is 7.45. The molecule has 1 aliphatic carbocycles. The SMILES string of the molecule is NC(CCc1nncn1C1CCCC1)c1ccccc1. The van der Waals surface area contributed by atoms with Crippen molar-refractivity contribution in [1.29, 1.82) is 0 Å². The van der Waals surface area contributed by atoms with Crippen molar-refractivity contribution in [3.63, 3.8) is 0 Å². The Kier molecular flexibility index (Phi) is 4.11. The standard InChI is InChI=1S/C16H22N4/c17-15(13-6-2-1-3-7-13)10-11-16-19-18-12-20(16)14-8-4-5-9-14/h1-3,6-7,12,14-15H,4-5,8-11,17H2. The summed E-state index contributed by atoms with van der Waals surface area (Å²) in [5, 5.41) is 8.37. The minimum Gasteiger partial charge on any atom is -0.324 e. The van der Waals surface area contributed by atoms with Crippen LogP contribution in [0.2, 0.25) is 0 Å². The molecule has 1 fully saturated rings. The summed E-state index contributed by atoms with van der Waals surface area (Å²) in [4.78, 5) is 0. The monoisotopic (exact) mass is 270 g/mol. The predicted octanol–water partition coefficient (Wildman–Crippen LogP) is 3.03. The van der Waals surface area contributed by atoms with Crippen molar-refractivity contribution in [2.45, 2.75) is 50.6 Å². The Labute approximate surface area is 120 Å². The van der Waals surface area contributed by atoms with E-state index in [0.717, 1.165) is 18.7 Å². The van der Waals surface area contributed by atoms with E-state index in [0.29, 0.717) is 6.04 Å². The minimum absolute atomic E-state index is 0.0740. The lowest BCUT2D eigenvalue weighted by atomic mass is 10.0. The molecule has 1 heterocycles. The largest absolute Gasteiger partial charge is 0.324 e. The summed E-state index contributed by atoms with van der Waals surface area (Å²) < 4.78 is 2.27. The molecule has 0 saturated heterocycles. The number of aromatic nitrogens is 3. The molecule has 4 nitrogen and oxygen atoms in total. The van der Waals surface area contributed by atoms with Crippen LogP contribution in [0.4, 0.5) is 0 Å². The molecule has 1 aliphatic rings. The Morgan fingerprint density at radius 3 is 2.70 bits per heavy atom. The number of aryl methyl sites for hydroxylation is 1. The van der Waals surface area contributed by atoms with Gasteiger partial charge < -0.3 is 10.3 Å². The zero-order valence-corrected chi connectivity index (χ0v) is 11.8. The molecule has 1 aromatic heterocycles. The van der Waals surface area contributed by atoms with E-state index in [-0.39, 0.29) is 6.04 Å². The van der Waals surface area contributed by atoms with E-state index in [4.69, 9.17) is 5.73 Å². The number of benzene rings is 1. The first-order chi connectivity index (χ1) is 9.84.